The van der Waals surface area contributed by atoms with E-state index in [4.69, 9.17) is 0 Å². The Balaban J connectivity index is 1.40. The van der Waals surface area contributed by atoms with Crippen molar-refractivity contribution < 1.29 is 17.9 Å². The van der Waals surface area contributed by atoms with Gasteiger partial charge in [0.25, 0.3) is 0 Å². The maximum Gasteiger partial charge on any atom is 0.387 e. The first-order chi connectivity index (χ1) is 16.0. The Morgan fingerprint density at radius 3 is 1.91 bits per heavy atom. The molecule has 0 atom stereocenters. The van der Waals surface area contributed by atoms with E-state index in [0.717, 1.165) is 30.2 Å². The van der Waals surface area contributed by atoms with Crippen LogP contribution < -0.4 is 4.74 Å². The Morgan fingerprint density at radius 2 is 1.24 bits per heavy atom. The van der Waals surface area contributed by atoms with Gasteiger partial charge in [-0.2, -0.15) is 8.78 Å². The third-order valence-corrected chi connectivity index (χ3v) is 6.06. The molecule has 4 heteroatoms. The van der Waals surface area contributed by atoms with Crippen LogP contribution in [0.5, 0.6) is 5.75 Å². The molecule has 0 saturated carbocycles. The van der Waals surface area contributed by atoms with Gasteiger partial charge in [0.2, 0.25) is 0 Å². The fourth-order valence-corrected chi connectivity index (χ4v) is 4.08. The molecule has 0 saturated heterocycles. The number of hydrogen-bond acceptors (Lipinski definition) is 1. The number of rotatable bonds is 9. The summed E-state index contributed by atoms with van der Waals surface area (Å²) >= 11 is 0. The molecule has 0 bridgehead atoms. The standard InChI is InChI=1S/C29H27F3O/c1-2-20-3-5-21(6-4-20)7-8-23-12-18-27-25(19-23)15-14-24(28(27)30)13-9-22-10-16-26(17-11-22)33-29(31)32/h3-6,10-12,14-19,29H,2,7-9,13H2,1H3. The fourth-order valence-electron chi connectivity index (χ4n) is 4.08. The quantitative estimate of drug-likeness (QED) is 0.255. The average molecular weight is 449 g/mol. The number of benzene rings is 4. The summed E-state index contributed by atoms with van der Waals surface area (Å²) < 4.78 is 44.0. The van der Waals surface area contributed by atoms with Crippen LogP contribution in [0.25, 0.3) is 10.8 Å². The second-order valence-corrected chi connectivity index (χ2v) is 8.29. The highest BCUT2D eigenvalue weighted by atomic mass is 19.3. The first-order valence-electron chi connectivity index (χ1n) is 11.3. The summed E-state index contributed by atoms with van der Waals surface area (Å²) in [7, 11) is 0. The van der Waals surface area contributed by atoms with Crippen molar-refractivity contribution in [2.45, 2.75) is 45.6 Å². The highest BCUT2D eigenvalue weighted by Crippen LogP contribution is 2.25. The van der Waals surface area contributed by atoms with Gasteiger partial charge in [0, 0.05) is 5.39 Å². The largest absolute Gasteiger partial charge is 0.435 e. The molecule has 4 rings (SSSR count). The van der Waals surface area contributed by atoms with Gasteiger partial charge in [0.1, 0.15) is 11.6 Å². The Kier molecular flexibility index (Phi) is 7.33. The number of fused-ring (bicyclic) bond motifs is 1. The predicted molar refractivity (Wildman–Crippen MR) is 128 cm³/mol. The Labute approximate surface area is 192 Å². The van der Waals surface area contributed by atoms with Crippen molar-refractivity contribution >= 4 is 10.8 Å². The molecule has 1 nitrogen and oxygen atoms in total. The molecule has 0 N–H and O–H groups in total. The molecule has 0 amide bonds. The van der Waals surface area contributed by atoms with Crippen LogP contribution in [0.1, 0.15) is 34.7 Å². The monoisotopic (exact) mass is 448 g/mol. The van der Waals surface area contributed by atoms with E-state index < -0.39 is 6.61 Å². The molecule has 0 aliphatic rings. The van der Waals surface area contributed by atoms with Gasteiger partial charge in [-0.1, -0.05) is 73.7 Å². The molecular weight excluding hydrogens is 421 g/mol. The van der Waals surface area contributed by atoms with Crippen LogP contribution >= 0.6 is 0 Å². The summed E-state index contributed by atoms with van der Waals surface area (Å²) in [5.74, 6) is -0.0636. The van der Waals surface area contributed by atoms with Gasteiger partial charge in [-0.15, -0.1) is 0 Å². The maximum absolute atomic E-state index is 15.1. The minimum Gasteiger partial charge on any atom is -0.435 e. The number of halogens is 3. The van der Waals surface area contributed by atoms with Gasteiger partial charge in [-0.25, -0.2) is 4.39 Å². The Bertz CT molecular complexity index is 1200. The van der Waals surface area contributed by atoms with E-state index in [-0.39, 0.29) is 11.6 Å². The summed E-state index contributed by atoms with van der Waals surface area (Å²) in [6, 6.07) is 25.0. The molecule has 0 aromatic heterocycles. The minimum atomic E-state index is -2.84. The third kappa shape index (κ3) is 5.95. The number of ether oxygens (including phenoxy) is 1. The number of aryl methyl sites for hydroxylation is 5. The summed E-state index contributed by atoms with van der Waals surface area (Å²) in [5.41, 5.74) is 5.44. The molecule has 0 spiro atoms. The highest BCUT2D eigenvalue weighted by Gasteiger charge is 2.09. The molecule has 33 heavy (non-hydrogen) atoms. The molecule has 0 radical (unpaired) electrons. The van der Waals surface area contributed by atoms with E-state index in [2.05, 4.69) is 42.0 Å². The molecule has 4 aromatic carbocycles. The van der Waals surface area contributed by atoms with Crippen LogP contribution in [0.3, 0.4) is 0 Å². The fraction of sp³-hybridized carbons (Fsp3) is 0.241. The minimum absolute atomic E-state index is 0.124. The average Bonchev–Trinajstić information content (AvgIpc) is 2.83. The summed E-state index contributed by atoms with van der Waals surface area (Å²) in [6.07, 6.45) is 4.06. The van der Waals surface area contributed by atoms with Crippen molar-refractivity contribution in [3.8, 4) is 5.75 Å². The molecule has 0 aliphatic carbocycles. The second kappa shape index (κ2) is 10.6. The summed E-state index contributed by atoms with van der Waals surface area (Å²) in [5, 5.41) is 1.54. The van der Waals surface area contributed by atoms with Crippen LogP contribution in [0.4, 0.5) is 13.2 Å². The van der Waals surface area contributed by atoms with E-state index in [1.165, 1.54) is 28.8 Å². The van der Waals surface area contributed by atoms with Gasteiger partial charge >= 0.3 is 6.61 Å². The van der Waals surface area contributed by atoms with E-state index in [1.807, 2.05) is 24.3 Å². The topological polar surface area (TPSA) is 9.23 Å². The lowest BCUT2D eigenvalue weighted by Gasteiger charge is -2.10. The van der Waals surface area contributed by atoms with Crippen LogP contribution in [0.15, 0.2) is 78.9 Å². The summed E-state index contributed by atoms with van der Waals surface area (Å²) in [6.45, 7) is -0.685. The van der Waals surface area contributed by atoms with E-state index >= 15 is 4.39 Å². The smallest absolute Gasteiger partial charge is 0.387 e. The van der Waals surface area contributed by atoms with Gasteiger partial charge in [0.15, 0.2) is 0 Å². The number of alkyl halides is 2. The van der Waals surface area contributed by atoms with E-state index in [1.54, 1.807) is 12.1 Å². The summed E-state index contributed by atoms with van der Waals surface area (Å²) in [4.78, 5) is 0. The molecule has 0 heterocycles. The van der Waals surface area contributed by atoms with Gasteiger partial charge in [-0.3, -0.25) is 0 Å². The zero-order valence-corrected chi connectivity index (χ0v) is 18.7. The third-order valence-electron chi connectivity index (χ3n) is 6.06. The lowest BCUT2D eigenvalue weighted by Crippen LogP contribution is -2.02. The number of hydrogen-bond donors (Lipinski definition) is 0. The first kappa shape index (κ1) is 22.9. The van der Waals surface area contributed by atoms with Crippen LogP contribution in [-0.2, 0) is 32.1 Å². The zero-order chi connectivity index (χ0) is 23.2. The molecule has 4 aromatic rings. The van der Waals surface area contributed by atoms with Crippen LogP contribution in [0, 0.1) is 5.82 Å². The maximum atomic E-state index is 15.1. The van der Waals surface area contributed by atoms with Crippen molar-refractivity contribution in [1.82, 2.24) is 0 Å². The molecule has 0 aliphatic heterocycles. The van der Waals surface area contributed by atoms with Crippen molar-refractivity contribution in [2.24, 2.45) is 0 Å². The highest BCUT2D eigenvalue weighted by molar-refractivity contribution is 5.84. The molecule has 0 fully saturated rings. The molecular formula is C29H27F3O. The van der Waals surface area contributed by atoms with Crippen molar-refractivity contribution in [3.63, 3.8) is 0 Å². The molecule has 0 unspecified atom stereocenters. The van der Waals surface area contributed by atoms with Gasteiger partial charge in [-0.05, 0) is 77.4 Å². The van der Waals surface area contributed by atoms with Crippen LogP contribution in [0.2, 0.25) is 0 Å². The van der Waals surface area contributed by atoms with Crippen molar-refractivity contribution in [2.75, 3.05) is 0 Å². The zero-order valence-electron chi connectivity index (χ0n) is 18.7. The van der Waals surface area contributed by atoms with E-state index in [0.29, 0.717) is 23.8 Å². The molecule has 170 valence electrons. The lowest BCUT2D eigenvalue weighted by atomic mass is 9.97. The Hall–Kier alpha value is -3.27. The van der Waals surface area contributed by atoms with Gasteiger partial charge in [0.05, 0.1) is 0 Å². The lowest BCUT2D eigenvalue weighted by molar-refractivity contribution is -0.0498. The second-order valence-electron chi connectivity index (χ2n) is 8.29. The normalized spacial score (nSPS) is 11.3. The SMILES string of the molecule is CCc1ccc(CCc2ccc3c(F)c(CCc4ccc(OC(F)F)cc4)ccc3c2)cc1. The van der Waals surface area contributed by atoms with Crippen molar-refractivity contribution in [1.29, 1.82) is 0 Å². The Morgan fingerprint density at radius 1 is 0.667 bits per heavy atom. The van der Waals surface area contributed by atoms with Gasteiger partial charge < -0.3 is 4.74 Å². The van der Waals surface area contributed by atoms with E-state index in [9.17, 15) is 8.78 Å². The first-order valence-corrected chi connectivity index (χ1v) is 11.3. The van der Waals surface area contributed by atoms with Crippen molar-refractivity contribution in [3.05, 3.63) is 112 Å². The predicted octanol–water partition coefficient (Wildman–Crippen LogP) is 7.71. The van der Waals surface area contributed by atoms with Crippen LogP contribution in [-0.4, -0.2) is 6.61 Å².